The molecule has 1 N–H and O–H groups in total. The summed E-state index contributed by atoms with van der Waals surface area (Å²) >= 11 is 0. The van der Waals surface area contributed by atoms with E-state index in [9.17, 15) is 35.2 Å². The van der Waals surface area contributed by atoms with Crippen molar-refractivity contribution >= 4 is 32.0 Å². The molecular formula is C20H20F2N2O8S2. The van der Waals surface area contributed by atoms with Crippen molar-refractivity contribution in [1.29, 1.82) is 0 Å². The maximum Gasteiger partial charge on any atom is 0.341 e. The highest BCUT2D eigenvalue weighted by Crippen LogP contribution is 2.32. The quantitative estimate of drug-likeness (QED) is 0.607. The van der Waals surface area contributed by atoms with Crippen molar-refractivity contribution in [3.05, 3.63) is 58.2 Å². The van der Waals surface area contributed by atoms with Crippen molar-refractivity contribution < 1.29 is 45.0 Å². The molecule has 0 fully saturated rings. The number of halogens is 2. The second-order valence-electron chi connectivity index (χ2n) is 7.43. The number of hydrogen-bond acceptors (Lipinski definition) is 7. The van der Waals surface area contributed by atoms with Crippen LogP contribution in [0, 0.1) is 11.6 Å². The summed E-state index contributed by atoms with van der Waals surface area (Å²) in [7, 11) is -4.51. The van der Waals surface area contributed by atoms with Crippen LogP contribution in [-0.4, -0.2) is 63.2 Å². The molecule has 0 bridgehead atoms. The van der Waals surface area contributed by atoms with Gasteiger partial charge >= 0.3 is 11.9 Å². The largest absolute Gasteiger partial charge is 0.478 e. The smallest absolute Gasteiger partial charge is 0.341 e. The number of benzene rings is 2. The SMILES string of the molecule is CCOC(=O)c1cc2c(cc1F)CN(C)S2(=O)=O.CN1Cc2cc(F)c(C(=O)O)cc2S1(=O)=O. The van der Waals surface area contributed by atoms with Crippen molar-refractivity contribution in [2.24, 2.45) is 0 Å². The van der Waals surface area contributed by atoms with E-state index >= 15 is 0 Å². The molecule has 0 aromatic heterocycles. The van der Waals surface area contributed by atoms with Gasteiger partial charge in [0.2, 0.25) is 20.0 Å². The van der Waals surface area contributed by atoms with Gasteiger partial charge in [-0.3, -0.25) is 0 Å². The standard InChI is InChI=1S/C11H12FNO4S.C9H8FNO4S/c1-3-17-11(14)8-5-10-7(4-9(8)12)6-13(2)18(10,15)16;1-11-4-5-2-7(10)6(9(12)13)3-8(5)16(11,14)15/h4-5H,3,6H2,1-2H3;2-3H,4H2,1H3,(H,12,13). The molecule has 4 rings (SSSR count). The van der Waals surface area contributed by atoms with Crippen molar-refractivity contribution in [2.45, 2.75) is 29.8 Å². The fraction of sp³-hybridized carbons (Fsp3) is 0.300. The number of carboxylic acids is 1. The van der Waals surface area contributed by atoms with E-state index in [-0.39, 0.29) is 40.6 Å². The molecule has 10 nitrogen and oxygen atoms in total. The highest BCUT2D eigenvalue weighted by atomic mass is 32.2. The molecule has 2 aromatic rings. The molecule has 2 aliphatic heterocycles. The lowest BCUT2D eigenvalue weighted by Gasteiger charge is -2.06. The number of nitrogens with zero attached hydrogens (tertiary/aromatic N) is 2. The molecule has 2 aromatic carbocycles. The molecule has 2 heterocycles. The normalized spacial score (nSPS) is 17.9. The van der Waals surface area contributed by atoms with Crippen LogP contribution in [0.1, 0.15) is 38.8 Å². The van der Waals surface area contributed by atoms with Crippen LogP contribution in [0.3, 0.4) is 0 Å². The number of carbonyl (C=O) groups is 2. The minimum atomic E-state index is -3.65. The lowest BCUT2D eigenvalue weighted by Crippen LogP contribution is -2.18. The molecule has 0 spiro atoms. The lowest BCUT2D eigenvalue weighted by atomic mass is 10.1. The molecule has 0 unspecified atom stereocenters. The number of rotatable bonds is 3. The van der Waals surface area contributed by atoms with Gasteiger partial charge < -0.3 is 9.84 Å². The number of esters is 1. The van der Waals surface area contributed by atoms with Gasteiger partial charge in [-0.1, -0.05) is 0 Å². The third-order valence-electron chi connectivity index (χ3n) is 5.19. The monoisotopic (exact) mass is 518 g/mol. The van der Waals surface area contributed by atoms with Crippen molar-refractivity contribution in [3.63, 3.8) is 0 Å². The second kappa shape index (κ2) is 9.02. The summed E-state index contributed by atoms with van der Waals surface area (Å²) in [5.74, 6) is -4.03. The van der Waals surface area contributed by atoms with E-state index in [0.29, 0.717) is 5.56 Å². The van der Waals surface area contributed by atoms with Crippen LogP contribution in [-0.2, 0) is 37.9 Å². The van der Waals surface area contributed by atoms with E-state index < -0.39 is 49.2 Å². The topological polar surface area (TPSA) is 138 Å². The molecular weight excluding hydrogens is 498 g/mol. The molecule has 0 saturated carbocycles. The summed E-state index contributed by atoms with van der Waals surface area (Å²) < 4.78 is 80.9. The number of sulfonamides is 2. The number of carboxylic acid groups (broad SMARTS) is 1. The molecule has 184 valence electrons. The Bertz CT molecular complexity index is 1410. The Morgan fingerprint density at radius 2 is 1.29 bits per heavy atom. The molecule has 2 aliphatic rings. The average Bonchev–Trinajstić information content (AvgIpc) is 3.08. The number of fused-ring (bicyclic) bond motifs is 2. The predicted molar refractivity (Wildman–Crippen MR) is 113 cm³/mol. The van der Waals surface area contributed by atoms with Gasteiger partial charge in [-0.2, -0.15) is 8.61 Å². The van der Waals surface area contributed by atoms with Gasteiger partial charge in [-0.15, -0.1) is 0 Å². The highest BCUT2D eigenvalue weighted by Gasteiger charge is 2.35. The minimum absolute atomic E-state index is 0.0329. The molecule has 0 amide bonds. The Kier molecular flexibility index (Phi) is 6.81. The van der Waals surface area contributed by atoms with Crippen LogP contribution in [0.4, 0.5) is 8.78 Å². The molecule has 34 heavy (non-hydrogen) atoms. The summed E-state index contributed by atoms with van der Waals surface area (Å²) in [5.41, 5.74) is -0.347. The van der Waals surface area contributed by atoms with Gasteiger partial charge in [0.1, 0.15) is 11.6 Å². The fourth-order valence-corrected chi connectivity index (χ4v) is 6.16. The van der Waals surface area contributed by atoms with Gasteiger partial charge in [0, 0.05) is 27.2 Å². The van der Waals surface area contributed by atoms with Crippen LogP contribution < -0.4 is 0 Å². The second-order valence-corrected chi connectivity index (χ2v) is 11.5. The Morgan fingerprint density at radius 1 is 0.882 bits per heavy atom. The van der Waals surface area contributed by atoms with E-state index in [1.54, 1.807) is 6.92 Å². The van der Waals surface area contributed by atoms with E-state index in [1.807, 2.05) is 0 Å². The zero-order valence-corrected chi connectivity index (χ0v) is 19.8. The Hall–Kier alpha value is -2.94. The van der Waals surface area contributed by atoms with E-state index in [4.69, 9.17) is 5.11 Å². The maximum atomic E-state index is 13.7. The number of aromatic carboxylic acids is 1. The van der Waals surface area contributed by atoms with Gasteiger partial charge in [-0.05, 0) is 42.3 Å². The van der Waals surface area contributed by atoms with Gasteiger partial charge in [0.25, 0.3) is 0 Å². The minimum Gasteiger partial charge on any atom is -0.478 e. The molecule has 0 aliphatic carbocycles. The summed E-state index contributed by atoms with van der Waals surface area (Å²) in [6.45, 7) is 1.86. The first-order valence-electron chi connectivity index (χ1n) is 9.69. The fourth-order valence-electron chi connectivity index (χ4n) is 3.43. The Balaban J connectivity index is 0.000000192. The third kappa shape index (κ3) is 4.41. The van der Waals surface area contributed by atoms with E-state index in [1.165, 1.54) is 14.1 Å². The van der Waals surface area contributed by atoms with Crippen LogP contribution >= 0.6 is 0 Å². The molecule has 0 saturated heterocycles. The summed E-state index contributed by atoms with van der Waals surface area (Å²) in [5, 5.41) is 8.68. The Morgan fingerprint density at radius 3 is 1.71 bits per heavy atom. The maximum absolute atomic E-state index is 13.7. The Labute approximate surface area is 194 Å². The number of hydrogen-bond donors (Lipinski definition) is 1. The summed E-state index contributed by atoms with van der Waals surface area (Å²) in [4.78, 5) is 22.0. The zero-order chi connectivity index (χ0) is 25.6. The number of carbonyl (C=O) groups excluding carboxylic acids is 1. The van der Waals surface area contributed by atoms with Gasteiger partial charge in [0.05, 0.1) is 27.5 Å². The van der Waals surface area contributed by atoms with Crippen LogP contribution in [0.25, 0.3) is 0 Å². The van der Waals surface area contributed by atoms with Gasteiger partial charge in [-0.25, -0.2) is 35.2 Å². The summed E-state index contributed by atoms with van der Waals surface area (Å²) in [6.07, 6.45) is 0. The zero-order valence-electron chi connectivity index (χ0n) is 18.2. The first-order valence-corrected chi connectivity index (χ1v) is 12.6. The molecule has 0 atom stereocenters. The first kappa shape index (κ1) is 25.7. The lowest BCUT2D eigenvalue weighted by molar-refractivity contribution is 0.0520. The van der Waals surface area contributed by atoms with E-state index in [0.717, 1.165) is 32.9 Å². The van der Waals surface area contributed by atoms with Crippen molar-refractivity contribution in [1.82, 2.24) is 8.61 Å². The third-order valence-corrected chi connectivity index (χ3v) is 8.96. The van der Waals surface area contributed by atoms with Gasteiger partial charge in [0.15, 0.2) is 0 Å². The van der Waals surface area contributed by atoms with Crippen LogP contribution in [0.2, 0.25) is 0 Å². The first-order chi connectivity index (χ1) is 15.7. The average molecular weight is 519 g/mol. The van der Waals surface area contributed by atoms with Crippen LogP contribution in [0.5, 0.6) is 0 Å². The number of ether oxygens (including phenoxy) is 1. The predicted octanol–water partition coefficient (Wildman–Crippen LogP) is 1.79. The molecule has 0 radical (unpaired) electrons. The summed E-state index contributed by atoms with van der Waals surface area (Å²) in [6, 6.07) is 3.94. The van der Waals surface area contributed by atoms with Crippen molar-refractivity contribution in [2.75, 3.05) is 20.7 Å². The highest BCUT2D eigenvalue weighted by molar-refractivity contribution is 7.89. The van der Waals surface area contributed by atoms with Crippen molar-refractivity contribution in [3.8, 4) is 0 Å². The molecule has 14 heteroatoms. The van der Waals surface area contributed by atoms with E-state index in [2.05, 4.69) is 4.74 Å². The van der Waals surface area contributed by atoms with Crippen LogP contribution in [0.15, 0.2) is 34.1 Å².